The van der Waals surface area contributed by atoms with Crippen LogP contribution in [-0.4, -0.2) is 48.3 Å². The Balaban J connectivity index is 1.91. The minimum Gasteiger partial charge on any atom is -0.396 e. The first-order chi connectivity index (χ1) is 7.86. The van der Waals surface area contributed by atoms with Crippen molar-refractivity contribution in [2.45, 2.75) is 51.1 Å². The Bertz CT molecular complexity index is 210. The van der Waals surface area contributed by atoms with Crippen molar-refractivity contribution in [2.24, 2.45) is 5.92 Å². The number of rotatable bonds is 5. The molecule has 2 heterocycles. The van der Waals surface area contributed by atoms with Crippen molar-refractivity contribution in [1.82, 2.24) is 10.2 Å². The van der Waals surface area contributed by atoms with Gasteiger partial charge in [0.15, 0.2) is 0 Å². The molecule has 2 saturated heterocycles. The fourth-order valence-corrected chi connectivity index (χ4v) is 3.46. The average molecular weight is 226 g/mol. The summed E-state index contributed by atoms with van der Waals surface area (Å²) >= 11 is 0. The first-order valence-electron chi connectivity index (χ1n) is 6.94. The van der Waals surface area contributed by atoms with Gasteiger partial charge in [0, 0.05) is 25.2 Å². The largest absolute Gasteiger partial charge is 0.396 e. The molecule has 2 aliphatic heterocycles. The van der Waals surface area contributed by atoms with Crippen LogP contribution in [0.5, 0.6) is 0 Å². The molecule has 0 aliphatic carbocycles. The summed E-state index contributed by atoms with van der Waals surface area (Å²) in [6.45, 7) is 6.31. The molecule has 2 N–H and O–H groups in total. The number of nitrogens with one attached hydrogen (secondary N) is 1. The van der Waals surface area contributed by atoms with Gasteiger partial charge in [-0.05, 0) is 44.7 Å². The van der Waals surface area contributed by atoms with E-state index in [2.05, 4.69) is 17.1 Å². The molecule has 0 radical (unpaired) electrons. The van der Waals surface area contributed by atoms with Gasteiger partial charge in [0.1, 0.15) is 0 Å². The summed E-state index contributed by atoms with van der Waals surface area (Å²) in [7, 11) is 0. The molecule has 3 heteroatoms. The fraction of sp³-hybridized carbons (Fsp3) is 1.00. The van der Waals surface area contributed by atoms with E-state index in [0.717, 1.165) is 24.4 Å². The first kappa shape index (κ1) is 12.3. The molecule has 2 fully saturated rings. The zero-order valence-corrected chi connectivity index (χ0v) is 10.5. The van der Waals surface area contributed by atoms with Gasteiger partial charge in [-0.2, -0.15) is 0 Å². The predicted molar refractivity (Wildman–Crippen MR) is 66.5 cm³/mol. The highest BCUT2D eigenvalue weighted by atomic mass is 16.2. The maximum Gasteiger partial charge on any atom is 0.0431 e. The number of aliphatic hydroxyl groups excluding tert-OH is 1. The van der Waals surface area contributed by atoms with Gasteiger partial charge in [-0.15, -0.1) is 0 Å². The van der Waals surface area contributed by atoms with Crippen LogP contribution in [0, 0.1) is 5.92 Å². The summed E-state index contributed by atoms with van der Waals surface area (Å²) in [5.41, 5.74) is 0. The lowest BCUT2D eigenvalue weighted by atomic mass is 9.97. The van der Waals surface area contributed by atoms with E-state index in [1.807, 2.05) is 0 Å². The van der Waals surface area contributed by atoms with E-state index < -0.39 is 0 Å². The van der Waals surface area contributed by atoms with Crippen molar-refractivity contribution in [3.63, 3.8) is 0 Å². The Morgan fingerprint density at radius 2 is 2.25 bits per heavy atom. The van der Waals surface area contributed by atoms with Crippen LogP contribution < -0.4 is 5.32 Å². The van der Waals surface area contributed by atoms with Gasteiger partial charge in [0.25, 0.3) is 0 Å². The number of hydrogen-bond acceptors (Lipinski definition) is 3. The van der Waals surface area contributed by atoms with Gasteiger partial charge in [-0.25, -0.2) is 0 Å². The van der Waals surface area contributed by atoms with Gasteiger partial charge < -0.3 is 10.4 Å². The first-order valence-corrected chi connectivity index (χ1v) is 6.94. The third kappa shape index (κ3) is 2.58. The quantitative estimate of drug-likeness (QED) is 0.740. The molecule has 2 aliphatic rings. The molecule has 0 aromatic carbocycles. The standard InChI is InChI=1S/C13H26N2O/c1-2-11-9-14-10-13(11)15-7-3-5-12(15)6-4-8-16/h11-14,16H,2-10H2,1H3. The van der Waals surface area contributed by atoms with Crippen LogP contribution >= 0.6 is 0 Å². The molecule has 0 saturated carbocycles. The van der Waals surface area contributed by atoms with E-state index in [1.54, 1.807) is 0 Å². The van der Waals surface area contributed by atoms with Gasteiger partial charge in [0.2, 0.25) is 0 Å². The molecule has 3 nitrogen and oxygen atoms in total. The van der Waals surface area contributed by atoms with Crippen LogP contribution in [0.1, 0.15) is 39.0 Å². The molecule has 0 spiro atoms. The van der Waals surface area contributed by atoms with Crippen molar-refractivity contribution in [1.29, 1.82) is 0 Å². The molecule has 16 heavy (non-hydrogen) atoms. The Labute approximate surface area is 99.2 Å². The fourth-order valence-electron chi connectivity index (χ4n) is 3.46. The summed E-state index contributed by atoms with van der Waals surface area (Å²) in [4.78, 5) is 2.73. The molecular formula is C13H26N2O. The minimum absolute atomic E-state index is 0.352. The highest BCUT2D eigenvalue weighted by Gasteiger charge is 2.36. The summed E-state index contributed by atoms with van der Waals surface area (Å²) in [5.74, 6) is 0.842. The van der Waals surface area contributed by atoms with E-state index in [-0.39, 0.29) is 0 Å². The number of hydrogen-bond donors (Lipinski definition) is 2. The minimum atomic E-state index is 0.352. The SMILES string of the molecule is CCC1CNCC1N1CCCC1CCCO. The Kier molecular flexibility index (Phi) is 4.62. The van der Waals surface area contributed by atoms with E-state index >= 15 is 0 Å². The monoisotopic (exact) mass is 226 g/mol. The van der Waals surface area contributed by atoms with E-state index in [4.69, 9.17) is 5.11 Å². The molecule has 3 atom stereocenters. The normalized spacial score (nSPS) is 36.0. The van der Waals surface area contributed by atoms with Gasteiger partial charge in [0.05, 0.1) is 0 Å². The number of likely N-dealkylation sites (tertiary alicyclic amines) is 1. The molecule has 2 rings (SSSR count). The Morgan fingerprint density at radius 1 is 1.38 bits per heavy atom. The lowest BCUT2D eigenvalue weighted by Gasteiger charge is -2.33. The highest BCUT2D eigenvalue weighted by Crippen LogP contribution is 2.29. The summed E-state index contributed by atoms with van der Waals surface area (Å²) < 4.78 is 0. The molecule has 3 unspecified atom stereocenters. The van der Waals surface area contributed by atoms with E-state index in [0.29, 0.717) is 6.61 Å². The summed E-state index contributed by atoms with van der Waals surface area (Å²) in [5, 5.41) is 12.5. The molecule has 0 aromatic rings. The third-order valence-corrected chi connectivity index (χ3v) is 4.37. The maximum absolute atomic E-state index is 8.95. The second kappa shape index (κ2) is 5.99. The van der Waals surface area contributed by atoms with E-state index in [9.17, 15) is 0 Å². The van der Waals surface area contributed by atoms with Crippen LogP contribution in [-0.2, 0) is 0 Å². The van der Waals surface area contributed by atoms with Crippen LogP contribution in [0.15, 0.2) is 0 Å². The van der Waals surface area contributed by atoms with Gasteiger partial charge in [-0.1, -0.05) is 13.3 Å². The van der Waals surface area contributed by atoms with Gasteiger partial charge >= 0.3 is 0 Å². The molecule has 94 valence electrons. The highest BCUT2D eigenvalue weighted by molar-refractivity contribution is 4.93. The van der Waals surface area contributed by atoms with Crippen molar-refractivity contribution in [2.75, 3.05) is 26.2 Å². The summed E-state index contributed by atoms with van der Waals surface area (Å²) in [6, 6.07) is 1.50. The number of aliphatic hydroxyl groups is 1. The maximum atomic E-state index is 8.95. The smallest absolute Gasteiger partial charge is 0.0431 e. The third-order valence-electron chi connectivity index (χ3n) is 4.37. The van der Waals surface area contributed by atoms with Crippen molar-refractivity contribution in [3.05, 3.63) is 0 Å². The lowest BCUT2D eigenvalue weighted by Crippen LogP contribution is -2.43. The van der Waals surface area contributed by atoms with Crippen LogP contribution in [0.3, 0.4) is 0 Å². The number of nitrogens with zero attached hydrogens (tertiary/aromatic N) is 1. The van der Waals surface area contributed by atoms with Crippen LogP contribution in [0.4, 0.5) is 0 Å². The van der Waals surface area contributed by atoms with Crippen LogP contribution in [0.2, 0.25) is 0 Å². The second-order valence-electron chi connectivity index (χ2n) is 5.29. The second-order valence-corrected chi connectivity index (χ2v) is 5.29. The van der Waals surface area contributed by atoms with Crippen molar-refractivity contribution in [3.8, 4) is 0 Å². The molecular weight excluding hydrogens is 200 g/mol. The Morgan fingerprint density at radius 3 is 3.00 bits per heavy atom. The zero-order chi connectivity index (χ0) is 11.4. The van der Waals surface area contributed by atoms with E-state index in [1.165, 1.54) is 45.3 Å². The molecule has 0 aromatic heterocycles. The molecule has 0 amide bonds. The summed E-state index contributed by atoms with van der Waals surface area (Å²) in [6.07, 6.45) is 6.14. The average Bonchev–Trinajstić information content (AvgIpc) is 2.93. The van der Waals surface area contributed by atoms with Gasteiger partial charge in [-0.3, -0.25) is 4.90 Å². The molecule has 0 bridgehead atoms. The van der Waals surface area contributed by atoms with Crippen LogP contribution in [0.25, 0.3) is 0 Å². The van der Waals surface area contributed by atoms with Crippen molar-refractivity contribution >= 4 is 0 Å². The zero-order valence-electron chi connectivity index (χ0n) is 10.5. The lowest BCUT2D eigenvalue weighted by molar-refractivity contribution is 0.140. The Hall–Kier alpha value is -0.120. The van der Waals surface area contributed by atoms with Crippen molar-refractivity contribution < 1.29 is 5.11 Å². The predicted octanol–water partition coefficient (Wildman–Crippen LogP) is 1.22. The topological polar surface area (TPSA) is 35.5 Å².